The summed E-state index contributed by atoms with van der Waals surface area (Å²) in [4.78, 5) is 2.47. The molecule has 1 saturated heterocycles. The highest BCUT2D eigenvalue weighted by molar-refractivity contribution is 5.20. The van der Waals surface area contributed by atoms with Crippen molar-refractivity contribution in [3.8, 4) is 0 Å². The Balaban J connectivity index is 2.19. The summed E-state index contributed by atoms with van der Waals surface area (Å²) in [5, 5.41) is 0. The predicted octanol–water partition coefficient (Wildman–Crippen LogP) is 2.19. The van der Waals surface area contributed by atoms with Gasteiger partial charge in [-0.05, 0) is 25.8 Å². The molecule has 3 nitrogen and oxygen atoms in total. The van der Waals surface area contributed by atoms with E-state index in [1.165, 1.54) is 5.56 Å². The molecule has 2 N–H and O–H groups in total. The van der Waals surface area contributed by atoms with E-state index in [2.05, 4.69) is 49.1 Å². The van der Waals surface area contributed by atoms with Gasteiger partial charge in [0.25, 0.3) is 0 Å². The molecule has 3 unspecified atom stereocenters. The van der Waals surface area contributed by atoms with Crippen molar-refractivity contribution in [3.63, 3.8) is 0 Å². The third kappa shape index (κ3) is 3.31. The molecule has 3 atom stereocenters. The summed E-state index contributed by atoms with van der Waals surface area (Å²) in [6.07, 6.45) is 1.37. The highest BCUT2D eigenvalue weighted by Gasteiger charge is 2.26. The molecule has 0 aliphatic carbocycles. The van der Waals surface area contributed by atoms with Crippen LogP contribution in [-0.4, -0.2) is 36.7 Å². The maximum Gasteiger partial charge on any atom is 0.0674 e. The number of benzene rings is 1. The largest absolute Gasteiger partial charge is 0.377 e. The number of rotatable bonds is 3. The van der Waals surface area contributed by atoms with Crippen LogP contribution in [0.4, 0.5) is 0 Å². The monoisotopic (exact) mass is 248 g/mol. The van der Waals surface area contributed by atoms with Crippen LogP contribution < -0.4 is 5.73 Å². The highest BCUT2D eigenvalue weighted by atomic mass is 16.5. The maximum atomic E-state index is 6.21. The lowest BCUT2D eigenvalue weighted by Crippen LogP contribution is -2.42. The van der Waals surface area contributed by atoms with E-state index in [4.69, 9.17) is 10.5 Å². The summed E-state index contributed by atoms with van der Waals surface area (Å²) in [5.41, 5.74) is 7.52. The molecule has 18 heavy (non-hydrogen) atoms. The van der Waals surface area contributed by atoms with Crippen molar-refractivity contribution in [2.45, 2.75) is 38.5 Å². The molecular weight excluding hydrogens is 224 g/mol. The minimum Gasteiger partial charge on any atom is -0.377 e. The van der Waals surface area contributed by atoms with Crippen molar-refractivity contribution in [2.24, 2.45) is 5.73 Å². The van der Waals surface area contributed by atoms with Gasteiger partial charge in [-0.25, -0.2) is 0 Å². The van der Waals surface area contributed by atoms with Crippen molar-refractivity contribution in [2.75, 3.05) is 19.7 Å². The molecular formula is C15H24N2O. The van der Waals surface area contributed by atoms with Crippen LogP contribution in [0.15, 0.2) is 30.3 Å². The van der Waals surface area contributed by atoms with Crippen LogP contribution in [0, 0.1) is 0 Å². The number of nitrogens with two attached hydrogens (primary N) is 1. The summed E-state index contributed by atoms with van der Waals surface area (Å²) < 4.78 is 5.72. The molecule has 0 aromatic heterocycles. The standard InChI is InChI=1S/C15H24N2O/c1-12-11-17(9-6-10-18-12)15(13(2)16)14-7-4-3-5-8-14/h3-5,7-8,12-13,15H,6,9-11,16H2,1-2H3. The average molecular weight is 248 g/mol. The fourth-order valence-electron chi connectivity index (χ4n) is 2.78. The van der Waals surface area contributed by atoms with Crippen molar-refractivity contribution in [1.29, 1.82) is 0 Å². The van der Waals surface area contributed by atoms with E-state index in [9.17, 15) is 0 Å². The van der Waals surface area contributed by atoms with Gasteiger partial charge in [0.2, 0.25) is 0 Å². The van der Waals surface area contributed by atoms with Crippen molar-refractivity contribution in [1.82, 2.24) is 4.90 Å². The Bertz CT molecular complexity index is 353. The van der Waals surface area contributed by atoms with Gasteiger partial charge >= 0.3 is 0 Å². The van der Waals surface area contributed by atoms with Crippen LogP contribution >= 0.6 is 0 Å². The zero-order valence-corrected chi connectivity index (χ0v) is 11.4. The molecule has 2 rings (SSSR count). The molecule has 100 valence electrons. The fraction of sp³-hybridized carbons (Fsp3) is 0.600. The molecule has 1 aliphatic heterocycles. The van der Waals surface area contributed by atoms with E-state index >= 15 is 0 Å². The van der Waals surface area contributed by atoms with Crippen molar-refractivity contribution >= 4 is 0 Å². The van der Waals surface area contributed by atoms with Crippen LogP contribution in [-0.2, 0) is 4.74 Å². The zero-order chi connectivity index (χ0) is 13.0. The topological polar surface area (TPSA) is 38.5 Å². The van der Waals surface area contributed by atoms with Gasteiger partial charge in [0.05, 0.1) is 6.10 Å². The summed E-state index contributed by atoms with van der Waals surface area (Å²) >= 11 is 0. The zero-order valence-electron chi connectivity index (χ0n) is 11.4. The first-order chi connectivity index (χ1) is 8.68. The lowest BCUT2D eigenvalue weighted by molar-refractivity contribution is 0.0583. The summed E-state index contributed by atoms with van der Waals surface area (Å²) in [7, 11) is 0. The van der Waals surface area contributed by atoms with Crippen molar-refractivity contribution in [3.05, 3.63) is 35.9 Å². The van der Waals surface area contributed by atoms with Crippen LogP contribution in [0.3, 0.4) is 0 Å². The van der Waals surface area contributed by atoms with Crippen LogP contribution in [0.1, 0.15) is 31.9 Å². The van der Waals surface area contributed by atoms with E-state index in [0.717, 1.165) is 26.1 Å². The van der Waals surface area contributed by atoms with Gasteiger partial charge < -0.3 is 10.5 Å². The molecule has 3 heteroatoms. The number of hydrogen-bond acceptors (Lipinski definition) is 3. The summed E-state index contributed by atoms with van der Waals surface area (Å²) in [5.74, 6) is 0. The average Bonchev–Trinajstić information content (AvgIpc) is 2.55. The molecule has 0 radical (unpaired) electrons. The maximum absolute atomic E-state index is 6.21. The van der Waals surface area contributed by atoms with Gasteiger partial charge in [-0.1, -0.05) is 30.3 Å². The Hall–Kier alpha value is -0.900. The summed E-state index contributed by atoms with van der Waals surface area (Å²) in [6.45, 7) is 7.11. The smallest absolute Gasteiger partial charge is 0.0674 e. The van der Waals surface area contributed by atoms with Crippen LogP contribution in [0.5, 0.6) is 0 Å². The Labute approximate surface area is 110 Å². The molecule has 0 amide bonds. The van der Waals surface area contributed by atoms with E-state index in [0.29, 0.717) is 0 Å². The molecule has 0 bridgehead atoms. The fourth-order valence-corrected chi connectivity index (χ4v) is 2.78. The second-order valence-corrected chi connectivity index (χ2v) is 5.24. The van der Waals surface area contributed by atoms with Gasteiger partial charge in [-0.3, -0.25) is 4.90 Å². The molecule has 1 heterocycles. The quantitative estimate of drug-likeness (QED) is 0.891. The second kappa shape index (κ2) is 6.32. The first-order valence-electron chi connectivity index (χ1n) is 6.84. The SMILES string of the molecule is CC1CN(C(c2ccccc2)C(C)N)CCCO1. The van der Waals surface area contributed by atoms with E-state index in [-0.39, 0.29) is 18.2 Å². The summed E-state index contributed by atoms with van der Waals surface area (Å²) in [6, 6.07) is 11.0. The second-order valence-electron chi connectivity index (χ2n) is 5.24. The predicted molar refractivity (Wildman–Crippen MR) is 74.4 cm³/mol. The molecule has 0 saturated carbocycles. The van der Waals surface area contributed by atoms with Gasteiger partial charge in [-0.15, -0.1) is 0 Å². The molecule has 1 fully saturated rings. The number of ether oxygens (including phenoxy) is 1. The number of hydrogen-bond donors (Lipinski definition) is 1. The Morgan fingerprint density at radius 1 is 1.33 bits per heavy atom. The van der Waals surface area contributed by atoms with Crippen molar-refractivity contribution < 1.29 is 4.74 Å². The van der Waals surface area contributed by atoms with E-state index in [1.54, 1.807) is 0 Å². The number of nitrogens with zero attached hydrogens (tertiary/aromatic N) is 1. The first-order valence-corrected chi connectivity index (χ1v) is 6.84. The van der Waals surface area contributed by atoms with Gasteiger partial charge in [0.1, 0.15) is 0 Å². The Morgan fingerprint density at radius 3 is 2.72 bits per heavy atom. The minimum atomic E-state index is 0.123. The van der Waals surface area contributed by atoms with E-state index < -0.39 is 0 Å². The minimum absolute atomic E-state index is 0.123. The van der Waals surface area contributed by atoms with Crippen LogP contribution in [0.25, 0.3) is 0 Å². The third-order valence-electron chi connectivity index (χ3n) is 3.52. The first kappa shape index (κ1) is 13.5. The molecule has 1 aromatic rings. The Morgan fingerprint density at radius 2 is 2.06 bits per heavy atom. The van der Waals surface area contributed by atoms with Gasteiger partial charge in [-0.2, -0.15) is 0 Å². The molecule has 1 aromatic carbocycles. The lowest BCUT2D eigenvalue weighted by atomic mass is 9.98. The molecule has 1 aliphatic rings. The highest BCUT2D eigenvalue weighted by Crippen LogP contribution is 2.25. The third-order valence-corrected chi connectivity index (χ3v) is 3.52. The normalized spacial score (nSPS) is 25.4. The van der Waals surface area contributed by atoms with Gasteiger partial charge in [0, 0.05) is 31.8 Å². The van der Waals surface area contributed by atoms with Crippen LogP contribution in [0.2, 0.25) is 0 Å². The van der Waals surface area contributed by atoms with E-state index in [1.807, 2.05) is 0 Å². The van der Waals surface area contributed by atoms with Gasteiger partial charge in [0.15, 0.2) is 0 Å². The molecule has 0 spiro atoms. The Kier molecular flexibility index (Phi) is 4.75. The lowest BCUT2D eigenvalue weighted by Gasteiger charge is -2.34.